The van der Waals surface area contributed by atoms with Crippen molar-refractivity contribution in [3.8, 4) is 0 Å². The molecule has 0 saturated carbocycles. The lowest BCUT2D eigenvalue weighted by Crippen LogP contribution is -2.32. The van der Waals surface area contributed by atoms with Crippen molar-refractivity contribution in [1.29, 1.82) is 0 Å². The number of rotatable bonds is 3. The highest BCUT2D eigenvalue weighted by Gasteiger charge is 2.36. The first-order chi connectivity index (χ1) is 7.58. The molecule has 0 amide bonds. The molecule has 1 nitrogen and oxygen atoms in total. The maximum atomic E-state index is 13.9. The van der Waals surface area contributed by atoms with E-state index < -0.39 is 5.92 Å². The van der Waals surface area contributed by atoms with Crippen LogP contribution < -0.4 is 5.32 Å². The molecule has 0 spiro atoms. The molecule has 90 valence electrons. The van der Waals surface area contributed by atoms with Crippen molar-refractivity contribution in [3.05, 3.63) is 20.8 Å². The van der Waals surface area contributed by atoms with Crippen molar-refractivity contribution < 1.29 is 8.78 Å². The van der Waals surface area contributed by atoms with Gasteiger partial charge in [-0.25, -0.2) is 8.78 Å². The summed E-state index contributed by atoms with van der Waals surface area (Å²) in [7, 11) is 0. The third kappa shape index (κ3) is 3.02. The molecule has 1 unspecified atom stereocenters. The average Bonchev–Trinajstić information content (AvgIpc) is 2.66. The zero-order valence-corrected chi connectivity index (χ0v) is 11.2. The summed E-state index contributed by atoms with van der Waals surface area (Å²) in [4.78, 5) is 0.171. The van der Waals surface area contributed by atoms with Gasteiger partial charge in [0.05, 0.1) is 4.88 Å². The zero-order valence-electron chi connectivity index (χ0n) is 8.81. The molecule has 1 aromatic rings. The molecule has 0 aromatic carbocycles. The monoisotopic (exact) mass is 309 g/mol. The summed E-state index contributed by atoms with van der Waals surface area (Å²) < 4.78 is 28.6. The molecule has 1 aromatic heterocycles. The fraction of sp³-hybridized carbons (Fsp3) is 0.636. The van der Waals surface area contributed by atoms with Crippen molar-refractivity contribution in [2.45, 2.75) is 25.2 Å². The molecule has 1 N–H and O–H groups in total. The minimum absolute atomic E-state index is 0.0348. The Morgan fingerprint density at radius 3 is 2.94 bits per heavy atom. The van der Waals surface area contributed by atoms with E-state index in [1.165, 1.54) is 6.07 Å². The van der Waals surface area contributed by atoms with E-state index in [1.54, 1.807) is 5.38 Å². The summed E-state index contributed by atoms with van der Waals surface area (Å²) in [5, 5.41) is 4.89. The van der Waals surface area contributed by atoms with Crippen LogP contribution in [-0.2, 0) is 5.92 Å². The molecule has 2 heterocycles. The lowest BCUT2D eigenvalue weighted by molar-refractivity contribution is -0.0282. The molecule has 0 bridgehead atoms. The Hall–Kier alpha value is -0.0000000000000000833. The van der Waals surface area contributed by atoms with Gasteiger partial charge in [0.25, 0.3) is 5.92 Å². The lowest BCUT2D eigenvalue weighted by Gasteiger charge is -2.26. The van der Waals surface area contributed by atoms with Crippen LogP contribution >= 0.6 is 27.3 Å². The minimum atomic E-state index is -2.68. The third-order valence-electron chi connectivity index (χ3n) is 2.87. The number of alkyl halides is 2. The van der Waals surface area contributed by atoms with E-state index in [2.05, 4.69) is 21.2 Å². The number of halogens is 3. The predicted molar refractivity (Wildman–Crippen MR) is 66.1 cm³/mol. The van der Waals surface area contributed by atoms with Crippen LogP contribution in [0.2, 0.25) is 0 Å². The third-order valence-corrected chi connectivity index (χ3v) is 4.68. The second-order valence-electron chi connectivity index (χ2n) is 4.25. The predicted octanol–water partition coefficient (Wildman–Crippen LogP) is 3.99. The summed E-state index contributed by atoms with van der Waals surface area (Å²) in [5.41, 5.74) is 0. The van der Waals surface area contributed by atoms with Gasteiger partial charge in [0.2, 0.25) is 0 Å². The molecule has 2 rings (SSSR count). The summed E-state index contributed by atoms with van der Waals surface area (Å²) in [6.07, 6.45) is 1.89. The van der Waals surface area contributed by atoms with E-state index in [1.807, 2.05) is 0 Å². The minimum Gasteiger partial charge on any atom is -0.316 e. The van der Waals surface area contributed by atoms with Crippen LogP contribution in [0.3, 0.4) is 0 Å². The Bertz CT molecular complexity index is 348. The number of piperidine rings is 1. The first-order valence-electron chi connectivity index (χ1n) is 5.41. The van der Waals surface area contributed by atoms with Gasteiger partial charge < -0.3 is 5.32 Å². The van der Waals surface area contributed by atoms with Gasteiger partial charge in [-0.15, -0.1) is 11.3 Å². The number of hydrogen-bond donors (Lipinski definition) is 1. The smallest absolute Gasteiger partial charge is 0.282 e. The van der Waals surface area contributed by atoms with Gasteiger partial charge in [-0.1, -0.05) is 0 Å². The van der Waals surface area contributed by atoms with Crippen LogP contribution in [0.5, 0.6) is 0 Å². The molecule has 1 fully saturated rings. The summed E-state index contributed by atoms with van der Waals surface area (Å²) >= 11 is 4.34. The highest BCUT2D eigenvalue weighted by molar-refractivity contribution is 9.10. The molecule has 0 radical (unpaired) electrons. The normalized spacial score (nSPS) is 22.3. The van der Waals surface area contributed by atoms with Crippen molar-refractivity contribution in [2.24, 2.45) is 5.92 Å². The standard InChI is InChI=1S/C11H14BrF2NS/c12-9-4-10(16-7-9)11(13,14)5-8-2-1-3-15-6-8/h4,7-8,15H,1-3,5-6H2. The van der Waals surface area contributed by atoms with Crippen LogP contribution in [0.1, 0.15) is 24.1 Å². The van der Waals surface area contributed by atoms with Crippen LogP contribution in [0.15, 0.2) is 15.9 Å². The summed E-state index contributed by atoms with van der Waals surface area (Å²) in [5.74, 6) is -2.58. The van der Waals surface area contributed by atoms with Gasteiger partial charge in [0.1, 0.15) is 0 Å². The second-order valence-corrected chi connectivity index (χ2v) is 6.08. The van der Waals surface area contributed by atoms with Crippen LogP contribution in [0, 0.1) is 5.92 Å². The van der Waals surface area contributed by atoms with Gasteiger partial charge >= 0.3 is 0 Å². The van der Waals surface area contributed by atoms with Crippen molar-refractivity contribution in [3.63, 3.8) is 0 Å². The molecular formula is C11H14BrF2NS. The molecule has 1 aliphatic rings. The van der Waals surface area contributed by atoms with E-state index in [9.17, 15) is 8.78 Å². The van der Waals surface area contributed by atoms with Gasteiger partial charge in [-0.2, -0.15) is 0 Å². The largest absolute Gasteiger partial charge is 0.316 e. The Morgan fingerprint density at radius 1 is 1.56 bits per heavy atom. The topological polar surface area (TPSA) is 12.0 Å². The molecule has 5 heteroatoms. The second kappa shape index (κ2) is 5.10. The van der Waals surface area contributed by atoms with E-state index in [4.69, 9.17) is 0 Å². The quantitative estimate of drug-likeness (QED) is 0.890. The Labute approximate surface area is 106 Å². The molecule has 1 saturated heterocycles. The highest BCUT2D eigenvalue weighted by Crippen LogP contribution is 2.40. The first-order valence-corrected chi connectivity index (χ1v) is 7.08. The summed E-state index contributed by atoms with van der Waals surface area (Å²) in [6, 6.07) is 1.53. The number of hydrogen-bond acceptors (Lipinski definition) is 2. The zero-order chi connectivity index (χ0) is 11.6. The fourth-order valence-electron chi connectivity index (χ4n) is 2.07. The van der Waals surface area contributed by atoms with Crippen molar-refractivity contribution in [1.82, 2.24) is 5.32 Å². The van der Waals surface area contributed by atoms with Crippen LogP contribution in [0.4, 0.5) is 8.78 Å². The van der Waals surface area contributed by atoms with Gasteiger partial charge in [-0.05, 0) is 53.8 Å². The van der Waals surface area contributed by atoms with E-state index in [0.29, 0.717) is 0 Å². The number of thiophene rings is 1. The van der Waals surface area contributed by atoms with E-state index in [-0.39, 0.29) is 17.2 Å². The lowest BCUT2D eigenvalue weighted by atomic mass is 9.92. The maximum absolute atomic E-state index is 13.9. The first kappa shape index (κ1) is 12.5. The molecule has 0 aliphatic carbocycles. The van der Waals surface area contributed by atoms with E-state index >= 15 is 0 Å². The molecule has 1 aliphatic heterocycles. The van der Waals surface area contributed by atoms with E-state index in [0.717, 1.165) is 41.7 Å². The van der Waals surface area contributed by atoms with Crippen molar-refractivity contribution >= 4 is 27.3 Å². The molecule has 16 heavy (non-hydrogen) atoms. The Morgan fingerprint density at radius 2 is 2.38 bits per heavy atom. The van der Waals surface area contributed by atoms with Gasteiger partial charge in [0.15, 0.2) is 0 Å². The molecular weight excluding hydrogens is 296 g/mol. The Kier molecular flexibility index (Phi) is 3.97. The highest BCUT2D eigenvalue weighted by atomic mass is 79.9. The van der Waals surface area contributed by atoms with Gasteiger partial charge in [-0.3, -0.25) is 0 Å². The number of nitrogens with one attached hydrogen (secondary N) is 1. The van der Waals surface area contributed by atoms with Gasteiger partial charge in [0, 0.05) is 16.3 Å². The fourth-order valence-corrected chi connectivity index (χ4v) is 3.49. The van der Waals surface area contributed by atoms with Crippen LogP contribution in [0.25, 0.3) is 0 Å². The van der Waals surface area contributed by atoms with Crippen molar-refractivity contribution in [2.75, 3.05) is 13.1 Å². The molecule has 1 atom stereocenters. The maximum Gasteiger partial charge on any atom is 0.282 e. The average molecular weight is 310 g/mol. The summed E-state index contributed by atoms with van der Waals surface area (Å²) in [6.45, 7) is 1.69. The Balaban J connectivity index is 2.01. The SMILES string of the molecule is FC(F)(CC1CCCNC1)c1cc(Br)cs1. The van der Waals surface area contributed by atoms with Crippen LogP contribution in [-0.4, -0.2) is 13.1 Å².